The Balaban J connectivity index is 1.78. The number of nitrogens with one attached hydrogen (secondary N) is 2. The number of amides is 1. The van der Waals surface area contributed by atoms with Crippen LogP contribution in [0.5, 0.6) is 0 Å². The first-order chi connectivity index (χ1) is 11.1. The molecule has 122 valence electrons. The average molecular weight is 314 g/mol. The molecule has 2 aromatic rings. The minimum atomic E-state index is -0.820. The number of carbonyl (C=O) groups excluding carboxylic acids is 1. The number of carboxylic acids is 1. The van der Waals surface area contributed by atoms with Crippen molar-refractivity contribution >= 4 is 22.8 Å². The normalized spacial score (nSPS) is 21.3. The molecule has 1 amide bonds. The SMILES string of the molecule is CCc1ccc2[nH]c(C(=O)N[C@H]3CCCC[C@H]3C(=O)O)cc2c1. The topological polar surface area (TPSA) is 82.2 Å². The number of rotatable bonds is 4. The van der Waals surface area contributed by atoms with E-state index in [0.717, 1.165) is 36.6 Å². The Morgan fingerprint density at radius 1 is 1.26 bits per heavy atom. The number of benzene rings is 1. The summed E-state index contributed by atoms with van der Waals surface area (Å²) >= 11 is 0. The Labute approximate surface area is 135 Å². The Morgan fingerprint density at radius 2 is 2.04 bits per heavy atom. The Kier molecular flexibility index (Phi) is 4.37. The summed E-state index contributed by atoms with van der Waals surface area (Å²) in [6, 6.07) is 7.64. The summed E-state index contributed by atoms with van der Waals surface area (Å²) < 4.78 is 0. The maximum atomic E-state index is 12.5. The molecule has 0 saturated heterocycles. The number of fused-ring (bicyclic) bond motifs is 1. The fraction of sp³-hybridized carbons (Fsp3) is 0.444. The molecule has 23 heavy (non-hydrogen) atoms. The van der Waals surface area contributed by atoms with Crippen LogP contribution in [0, 0.1) is 5.92 Å². The van der Waals surface area contributed by atoms with Crippen LogP contribution in [0.1, 0.15) is 48.7 Å². The van der Waals surface area contributed by atoms with Crippen LogP contribution in [0.25, 0.3) is 10.9 Å². The molecule has 1 aliphatic carbocycles. The van der Waals surface area contributed by atoms with Gasteiger partial charge in [-0.15, -0.1) is 0 Å². The molecule has 0 bridgehead atoms. The van der Waals surface area contributed by atoms with Gasteiger partial charge in [-0.1, -0.05) is 25.8 Å². The molecule has 0 spiro atoms. The summed E-state index contributed by atoms with van der Waals surface area (Å²) in [6.45, 7) is 2.09. The first-order valence-electron chi connectivity index (χ1n) is 8.24. The largest absolute Gasteiger partial charge is 0.481 e. The van der Waals surface area contributed by atoms with Gasteiger partial charge in [-0.2, -0.15) is 0 Å². The van der Waals surface area contributed by atoms with Gasteiger partial charge in [0.2, 0.25) is 0 Å². The van der Waals surface area contributed by atoms with Crippen LogP contribution < -0.4 is 5.32 Å². The lowest BCUT2D eigenvalue weighted by Gasteiger charge is -2.29. The summed E-state index contributed by atoms with van der Waals surface area (Å²) in [5, 5.41) is 13.2. The van der Waals surface area contributed by atoms with Crippen molar-refractivity contribution in [3.05, 3.63) is 35.5 Å². The molecular formula is C18H22N2O3. The maximum absolute atomic E-state index is 12.5. The van der Waals surface area contributed by atoms with Crippen molar-refractivity contribution in [3.8, 4) is 0 Å². The fourth-order valence-corrected chi connectivity index (χ4v) is 3.37. The monoisotopic (exact) mass is 314 g/mol. The zero-order valence-electron chi connectivity index (χ0n) is 13.3. The molecular weight excluding hydrogens is 292 g/mol. The van der Waals surface area contributed by atoms with E-state index in [1.54, 1.807) is 0 Å². The number of aliphatic carboxylic acids is 1. The van der Waals surface area contributed by atoms with E-state index in [-0.39, 0.29) is 11.9 Å². The van der Waals surface area contributed by atoms with Crippen molar-refractivity contribution in [3.63, 3.8) is 0 Å². The van der Waals surface area contributed by atoms with Crippen LogP contribution in [-0.4, -0.2) is 28.0 Å². The molecule has 3 N–H and O–H groups in total. The lowest BCUT2D eigenvalue weighted by molar-refractivity contribution is -0.143. The quantitative estimate of drug-likeness (QED) is 0.811. The Hall–Kier alpha value is -2.30. The highest BCUT2D eigenvalue weighted by Gasteiger charge is 2.32. The third-order valence-corrected chi connectivity index (χ3v) is 4.74. The van der Waals surface area contributed by atoms with E-state index < -0.39 is 11.9 Å². The molecule has 1 aromatic carbocycles. The molecule has 1 heterocycles. The highest BCUT2D eigenvalue weighted by atomic mass is 16.4. The summed E-state index contributed by atoms with van der Waals surface area (Å²) in [5.74, 6) is -1.53. The van der Waals surface area contributed by atoms with Gasteiger partial charge in [0.25, 0.3) is 5.91 Å². The van der Waals surface area contributed by atoms with Gasteiger partial charge < -0.3 is 15.4 Å². The number of H-pyrrole nitrogens is 1. The van der Waals surface area contributed by atoms with Crippen LogP contribution in [0.3, 0.4) is 0 Å². The molecule has 1 aliphatic rings. The number of aromatic nitrogens is 1. The Morgan fingerprint density at radius 3 is 2.78 bits per heavy atom. The van der Waals surface area contributed by atoms with Crippen LogP contribution in [0.4, 0.5) is 0 Å². The van der Waals surface area contributed by atoms with E-state index in [4.69, 9.17) is 0 Å². The molecule has 5 nitrogen and oxygen atoms in total. The van der Waals surface area contributed by atoms with Gasteiger partial charge in [-0.3, -0.25) is 9.59 Å². The number of aryl methyl sites for hydroxylation is 1. The van der Waals surface area contributed by atoms with Gasteiger partial charge in [0.1, 0.15) is 5.69 Å². The number of aromatic amines is 1. The first-order valence-corrected chi connectivity index (χ1v) is 8.24. The van der Waals surface area contributed by atoms with E-state index in [1.165, 1.54) is 5.56 Å². The Bertz CT molecular complexity index is 735. The van der Waals surface area contributed by atoms with Gasteiger partial charge in [0.15, 0.2) is 0 Å². The lowest BCUT2D eigenvalue weighted by atomic mass is 9.84. The minimum absolute atomic E-state index is 0.225. The number of carbonyl (C=O) groups is 2. The second kappa shape index (κ2) is 6.44. The predicted molar refractivity (Wildman–Crippen MR) is 88.5 cm³/mol. The summed E-state index contributed by atoms with van der Waals surface area (Å²) in [7, 11) is 0. The zero-order valence-corrected chi connectivity index (χ0v) is 13.3. The molecule has 2 atom stereocenters. The van der Waals surface area contributed by atoms with E-state index in [9.17, 15) is 14.7 Å². The molecule has 0 aliphatic heterocycles. The maximum Gasteiger partial charge on any atom is 0.308 e. The second-order valence-electron chi connectivity index (χ2n) is 6.27. The smallest absolute Gasteiger partial charge is 0.308 e. The van der Waals surface area contributed by atoms with Gasteiger partial charge in [0.05, 0.1) is 5.92 Å². The zero-order chi connectivity index (χ0) is 16.4. The van der Waals surface area contributed by atoms with E-state index >= 15 is 0 Å². The van der Waals surface area contributed by atoms with Crippen molar-refractivity contribution in [1.82, 2.24) is 10.3 Å². The molecule has 0 unspecified atom stereocenters. The first kappa shape index (κ1) is 15.6. The van der Waals surface area contributed by atoms with E-state index in [1.807, 2.05) is 18.2 Å². The molecule has 1 saturated carbocycles. The molecule has 0 radical (unpaired) electrons. The summed E-state index contributed by atoms with van der Waals surface area (Å²) in [5.41, 5.74) is 2.63. The highest BCUT2D eigenvalue weighted by Crippen LogP contribution is 2.25. The average Bonchev–Trinajstić information content (AvgIpc) is 2.98. The van der Waals surface area contributed by atoms with Crippen molar-refractivity contribution in [1.29, 1.82) is 0 Å². The van der Waals surface area contributed by atoms with E-state index in [0.29, 0.717) is 12.1 Å². The fourth-order valence-electron chi connectivity index (χ4n) is 3.37. The van der Waals surface area contributed by atoms with Gasteiger partial charge in [-0.25, -0.2) is 0 Å². The third-order valence-electron chi connectivity index (χ3n) is 4.74. The number of hydrogen-bond donors (Lipinski definition) is 3. The van der Waals surface area contributed by atoms with Crippen molar-refractivity contribution in [2.24, 2.45) is 5.92 Å². The number of carboxylic acid groups (broad SMARTS) is 1. The summed E-state index contributed by atoms with van der Waals surface area (Å²) in [6.07, 6.45) is 4.18. The summed E-state index contributed by atoms with van der Waals surface area (Å²) in [4.78, 5) is 26.9. The van der Waals surface area contributed by atoms with Gasteiger partial charge in [-0.05, 0) is 43.0 Å². The van der Waals surface area contributed by atoms with Crippen LogP contribution in [0.15, 0.2) is 24.3 Å². The highest BCUT2D eigenvalue weighted by molar-refractivity contribution is 5.98. The van der Waals surface area contributed by atoms with Gasteiger partial charge >= 0.3 is 5.97 Å². The number of hydrogen-bond acceptors (Lipinski definition) is 2. The molecule has 1 aromatic heterocycles. The predicted octanol–water partition coefficient (Wildman–Crippen LogP) is 3.10. The molecule has 3 rings (SSSR count). The van der Waals surface area contributed by atoms with Crippen molar-refractivity contribution in [2.45, 2.75) is 45.1 Å². The lowest BCUT2D eigenvalue weighted by Crippen LogP contribution is -2.45. The third kappa shape index (κ3) is 3.23. The van der Waals surface area contributed by atoms with E-state index in [2.05, 4.69) is 23.3 Å². The second-order valence-corrected chi connectivity index (χ2v) is 6.27. The van der Waals surface area contributed by atoms with Crippen LogP contribution in [0.2, 0.25) is 0 Å². The van der Waals surface area contributed by atoms with Gasteiger partial charge in [0, 0.05) is 16.9 Å². The van der Waals surface area contributed by atoms with Crippen LogP contribution >= 0.6 is 0 Å². The molecule has 5 heteroatoms. The van der Waals surface area contributed by atoms with Crippen molar-refractivity contribution < 1.29 is 14.7 Å². The van der Waals surface area contributed by atoms with Crippen LogP contribution in [-0.2, 0) is 11.2 Å². The standard InChI is InChI=1S/C18H22N2O3/c1-2-11-7-8-14-12(9-11)10-16(19-14)17(21)20-15-6-4-3-5-13(15)18(22)23/h7-10,13,15,19H,2-6H2,1H3,(H,20,21)(H,22,23)/t13-,15+/m1/s1. The molecule has 1 fully saturated rings. The minimum Gasteiger partial charge on any atom is -0.481 e. The van der Waals surface area contributed by atoms with Crippen molar-refractivity contribution in [2.75, 3.05) is 0 Å².